The lowest BCUT2D eigenvalue weighted by molar-refractivity contribution is 0.0521. The average Bonchev–Trinajstić information content (AvgIpc) is 3.05. The van der Waals surface area contributed by atoms with Crippen molar-refractivity contribution in [3.05, 3.63) is 11.8 Å². The summed E-state index contributed by atoms with van der Waals surface area (Å²) in [5, 5.41) is 6.12. The number of esters is 1. The van der Waals surface area contributed by atoms with Gasteiger partial charge in [-0.05, 0) is 38.5 Å². The summed E-state index contributed by atoms with van der Waals surface area (Å²) in [6.07, 6.45) is 7.39. The van der Waals surface area contributed by atoms with Crippen LogP contribution in [0.5, 0.6) is 0 Å². The number of rotatable bonds is 4. The summed E-state index contributed by atoms with van der Waals surface area (Å²) < 4.78 is 32.7. The Morgan fingerprint density at radius 3 is 2.87 bits per heavy atom. The zero-order chi connectivity index (χ0) is 16.4. The molecule has 2 unspecified atom stereocenters. The number of nitrogens with one attached hydrogen (secondary N) is 1. The van der Waals surface area contributed by atoms with E-state index in [4.69, 9.17) is 4.74 Å². The lowest BCUT2D eigenvalue weighted by atomic mass is 9.79. The molecule has 0 radical (unpaired) electrons. The number of carbonyl (C=O) groups excluding carboxylic acids is 1. The minimum atomic E-state index is -3.77. The summed E-state index contributed by atoms with van der Waals surface area (Å²) in [5.74, 6) is -0.224. The number of carbonyl (C=O) groups is 1. The molecular weight excluding hydrogens is 318 g/mol. The maximum Gasteiger partial charge on any atom is 0.342 e. The van der Waals surface area contributed by atoms with Gasteiger partial charge in [0.05, 0.1) is 12.8 Å². The molecule has 0 amide bonds. The van der Waals surface area contributed by atoms with Crippen molar-refractivity contribution in [1.29, 1.82) is 0 Å². The zero-order valence-corrected chi connectivity index (χ0v) is 14.1. The lowest BCUT2D eigenvalue weighted by Gasteiger charge is -2.42. The van der Waals surface area contributed by atoms with E-state index in [1.54, 1.807) is 11.2 Å². The molecule has 2 atom stereocenters. The molecule has 2 fully saturated rings. The van der Waals surface area contributed by atoms with E-state index in [1.807, 2.05) is 0 Å². The maximum absolute atomic E-state index is 13.1. The number of hydrogen-bond acceptors (Lipinski definition) is 5. The van der Waals surface area contributed by atoms with E-state index in [-0.39, 0.29) is 23.2 Å². The van der Waals surface area contributed by atoms with E-state index >= 15 is 0 Å². The van der Waals surface area contributed by atoms with Gasteiger partial charge in [0, 0.05) is 12.6 Å². The number of sulfonamides is 1. The van der Waals surface area contributed by atoms with Gasteiger partial charge in [0.15, 0.2) is 5.03 Å². The first-order valence-corrected chi connectivity index (χ1v) is 9.72. The highest BCUT2D eigenvalue weighted by molar-refractivity contribution is 7.89. The normalized spacial score (nSPS) is 25.8. The standard InChI is InChI=1S/C15H23N3O4S/c1-2-22-15(19)12-10-16-17-14(12)23(20,21)18-9-5-7-11-6-3-4-8-13(11)18/h10-11,13H,2-9H2,1H3,(H,16,17). The van der Waals surface area contributed by atoms with Crippen molar-refractivity contribution in [2.24, 2.45) is 5.92 Å². The average molecular weight is 341 g/mol. The van der Waals surface area contributed by atoms with Gasteiger partial charge >= 0.3 is 5.97 Å². The zero-order valence-electron chi connectivity index (χ0n) is 13.3. The second kappa shape index (κ2) is 6.60. The molecule has 1 saturated heterocycles. The second-order valence-electron chi connectivity index (χ2n) is 6.20. The first-order chi connectivity index (χ1) is 11.1. The van der Waals surface area contributed by atoms with E-state index < -0.39 is 16.0 Å². The first-order valence-electron chi connectivity index (χ1n) is 8.28. The smallest absolute Gasteiger partial charge is 0.342 e. The van der Waals surface area contributed by atoms with Gasteiger partial charge in [0.1, 0.15) is 5.56 Å². The molecule has 1 aromatic heterocycles. The molecule has 1 aliphatic heterocycles. The minimum absolute atomic E-state index is 0.00946. The fourth-order valence-electron chi connectivity index (χ4n) is 3.82. The highest BCUT2D eigenvalue weighted by Crippen LogP contribution is 2.38. The summed E-state index contributed by atoms with van der Waals surface area (Å²) in [7, 11) is -3.77. The van der Waals surface area contributed by atoms with Crippen LogP contribution >= 0.6 is 0 Å². The predicted octanol–water partition coefficient (Wildman–Crippen LogP) is 1.93. The van der Waals surface area contributed by atoms with E-state index in [1.165, 1.54) is 12.6 Å². The molecule has 128 valence electrons. The van der Waals surface area contributed by atoms with Crippen LogP contribution < -0.4 is 0 Å². The molecule has 2 aliphatic rings. The molecular formula is C15H23N3O4S. The van der Waals surface area contributed by atoms with Crippen LogP contribution in [0.1, 0.15) is 55.8 Å². The molecule has 1 N–H and O–H groups in total. The largest absolute Gasteiger partial charge is 0.462 e. The summed E-state index contributed by atoms with van der Waals surface area (Å²) in [6, 6.07) is 0.0424. The summed E-state index contributed by atoms with van der Waals surface area (Å²) in [4.78, 5) is 12.0. The highest BCUT2D eigenvalue weighted by atomic mass is 32.2. The third-order valence-electron chi connectivity index (χ3n) is 4.86. The van der Waals surface area contributed by atoms with Gasteiger partial charge in [-0.25, -0.2) is 13.2 Å². The molecule has 23 heavy (non-hydrogen) atoms. The number of aromatic amines is 1. The third-order valence-corrected chi connectivity index (χ3v) is 6.76. The molecule has 1 aliphatic carbocycles. The van der Waals surface area contributed by atoms with Gasteiger partial charge in [-0.1, -0.05) is 12.8 Å². The maximum atomic E-state index is 13.1. The highest BCUT2D eigenvalue weighted by Gasteiger charge is 2.42. The summed E-state index contributed by atoms with van der Waals surface area (Å²) in [5.41, 5.74) is -0.00946. The molecule has 0 spiro atoms. The Balaban J connectivity index is 1.92. The van der Waals surface area contributed by atoms with Crippen LogP contribution in [-0.2, 0) is 14.8 Å². The molecule has 8 heteroatoms. The fraction of sp³-hybridized carbons (Fsp3) is 0.733. The minimum Gasteiger partial charge on any atom is -0.462 e. The van der Waals surface area contributed by atoms with Gasteiger partial charge in [-0.2, -0.15) is 9.40 Å². The number of ether oxygens (including phenoxy) is 1. The Labute approximate surface area is 136 Å². The van der Waals surface area contributed by atoms with Crippen molar-refractivity contribution in [1.82, 2.24) is 14.5 Å². The van der Waals surface area contributed by atoms with Crippen molar-refractivity contribution < 1.29 is 17.9 Å². The van der Waals surface area contributed by atoms with Gasteiger partial charge in [0.25, 0.3) is 10.0 Å². The number of H-pyrrole nitrogens is 1. The molecule has 0 aromatic carbocycles. The molecule has 0 bridgehead atoms. The van der Waals surface area contributed by atoms with Crippen molar-refractivity contribution >= 4 is 16.0 Å². The second-order valence-corrected chi connectivity index (χ2v) is 8.03. The van der Waals surface area contributed by atoms with Crippen molar-refractivity contribution in [2.75, 3.05) is 13.2 Å². The van der Waals surface area contributed by atoms with E-state index in [2.05, 4.69) is 10.2 Å². The van der Waals surface area contributed by atoms with Gasteiger partial charge in [-0.15, -0.1) is 0 Å². The molecule has 1 saturated carbocycles. The Morgan fingerprint density at radius 2 is 2.09 bits per heavy atom. The first kappa shape index (κ1) is 16.4. The Hall–Kier alpha value is -1.41. The topological polar surface area (TPSA) is 92.4 Å². The van der Waals surface area contributed by atoms with Gasteiger partial charge in [-0.3, -0.25) is 5.10 Å². The van der Waals surface area contributed by atoms with Gasteiger partial charge in [0.2, 0.25) is 0 Å². The van der Waals surface area contributed by atoms with Crippen LogP contribution in [0.4, 0.5) is 0 Å². The number of nitrogens with zero attached hydrogens (tertiary/aromatic N) is 2. The summed E-state index contributed by atoms with van der Waals surface area (Å²) >= 11 is 0. The van der Waals surface area contributed by atoms with Crippen molar-refractivity contribution in [2.45, 2.75) is 56.5 Å². The Bertz CT molecular complexity index is 668. The van der Waals surface area contributed by atoms with Crippen LogP contribution in [0.15, 0.2) is 11.2 Å². The van der Waals surface area contributed by atoms with Crippen LogP contribution in [0.2, 0.25) is 0 Å². The van der Waals surface area contributed by atoms with Crippen LogP contribution in [0, 0.1) is 5.92 Å². The summed E-state index contributed by atoms with van der Waals surface area (Å²) in [6.45, 7) is 2.38. The Kier molecular flexibility index (Phi) is 4.72. The quantitative estimate of drug-likeness (QED) is 0.845. The third kappa shape index (κ3) is 3.01. The predicted molar refractivity (Wildman–Crippen MR) is 83.4 cm³/mol. The van der Waals surface area contributed by atoms with Crippen LogP contribution in [-0.4, -0.2) is 48.1 Å². The van der Waals surface area contributed by atoms with Crippen LogP contribution in [0.25, 0.3) is 0 Å². The molecule has 7 nitrogen and oxygen atoms in total. The van der Waals surface area contributed by atoms with E-state index in [0.717, 1.165) is 32.1 Å². The number of aromatic nitrogens is 2. The van der Waals surface area contributed by atoms with Crippen molar-refractivity contribution in [3.8, 4) is 0 Å². The van der Waals surface area contributed by atoms with Gasteiger partial charge < -0.3 is 4.74 Å². The monoisotopic (exact) mass is 341 g/mol. The van der Waals surface area contributed by atoms with Crippen molar-refractivity contribution in [3.63, 3.8) is 0 Å². The number of hydrogen-bond donors (Lipinski definition) is 1. The van der Waals surface area contributed by atoms with E-state index in [0.29, 0.717) is 12.5 Å². The SMILES string of the molecule is CCOC(=O)c1cn[nH]c1S(=O)(=O)N1CCCC2CCCCC21. The van der Waals surface area contributed by atoms with Crippen LogP contribution in [0.3, 0.4) is 0 Å². The number of piperidine rings is 1. The number of fused-ring (bicyclic) bond motifs is 1. The molecule has 2 heterocycles. The fourth-order valence-corrected chi connectivity index (χ4v) is 5.64. The molecule has 1 aromatic rings. The Morgan fingerprint density at radius 1 is 1.35 bits per heavy atom. The molecule has 3 rings (SSSR count). The lowest BCUT2D eigenvalue weighted by Crippen LogP contribution is -2.49. The van der Waals surface area contributed by atoms with E-state index in [9.17, 15) is 13.2 Å².